The van der Waals surface area contributed by atoms with Crippen molar-refractivity contribution in [3.8, 4) is 23.0 Å². The van der Waals surface area contributed by atoms with E-state index in [2.05, 4.69) is 15.3 Å². The number of hydrogen-bond acceptors (Lipinski definition) is 8. The largest absolute Gasteiger partial charge is 0.497 e. The molecule has 154 valence electrons. The summed E-state index contributed by atoms with van der Waals surface area (Å²) < 4.78 is 19.3. The van der Waals surface area contributed by atoms with Gasteiger partial charge in [0, 0.05) is 25.9 Å². The summed E-state index contributed by atoms with van der Waals surface area (Å²) in [6.45, 7) is 1.02. The van der Waals surface area contributed by atoms with Gasteiger partial charge in [-0.15, -0.1) is 15.3 Å². The van der Waals surface area contributed by atoms with Crippen LogP contribution in [-0.2, 0) is 18.3 Å². The van der Waals surface area contributed by atoms with Gasteiger partial charge < -0.3 is 14.2 Å². The van der Waals surface area contributed by atoms with Crippen LogP contribution >= 0.6 is 11.8 Å². The molecule has 29 heavy (non-hydrogen) atoms. The van der Waals surface area contributed by atoms with E-state index in [4.69, 9.17) is 14.2 Å². The molecule has 0 N–H and O–H groups in total. The first-order valence-electron chi connectivity index (χ1n) is 8.87. The van der Waals surface area contributed by atoms with Crippen molar-refractivity contribution in [3.05, 3.63) is 36.0 Å². The van der Waals surface area contributed by atoms with Crippen LogP contribution in [0.15, 0.2) is 35.6 Å². The maximum absolute atomic E-state index is 12.5. The highest BCUT2D eigenvalue weighted by Crippen LogP contribution is 2.30. The Morgan fingerprint density at radius 3 is 2.52 bits per heavy atom. The summed E-state index contributed by atoms with van der Waals surface area (Å²) in [4.78, 5) is 12.5. The summed E-state index contributed by atoms with van der Waals surface area (Å²) in [5, 5.41) is 13.5. The molecular formula is C19H23N5O4S. The molecule has 3 aromatic rings. The predicted octanol–water partition coefficient (Wildman–Crippen LogP) is 2.32. The topological polar surface area (TPSA) is 93.3 Å². The Morgan fingerprint density at radius 2 is 1.86 bits per heavy atom. The van der Waals surface area contributed by atoms with Crippen LogP contribution in [0.4, 0.5) is 0 Å². The number of hydrogen-bond donors (Lipinski definition) is 0. The second-order valence-corrected chi connectivity index (χ2v) is 7.06. The SMILES string of the molecule is COCCn1c(SCC(=O)c2ccc(OC)cc2)nnc1-c1cn(C)nc1OC. The fourth-order valence-electron chi connectivity index (χ4n) is 2.74. The van der Waals surface area contributed by atoms with E-state index in [-0.39, 0.29) is 11.5 Å². The first kappa shape index (κ1) is 20.9. The molecule has 0 saturated heterocycles. The van der Waals surface area contributed by atoms with Crippen LogP contribution in [0.2, 0.25) is 0 Å². The van der Waals surface area contributed by atoms with E-state index in [0.29, 0.717) is 41.3 Å². The van der Waals surface area contributed by atoms with Gasteiger partial charge >= 0.3 is 0 Å². The molecule has 0 radical (unpaired) electrons. The maximum atomic E-state index is 12.5. The lowest BCUT2D eigenvalue weighted by atomic mass is 10.1. The van der Waals surface area contributed by atoms with Gasteiger partial charge in [-0.2, -0.15) is 0 Å². The fourth-order valence-corrected chi connectivity index (χ4v) is 3.60. The second-order valence-electron chi connectivity index (χ2n) is 6.12. The zero-order valence-corrected chi connectivity index (χ0v) is 17.6. The summed E-state index contributed by atoms with van der Waals surface area (Å²) in [5.41, 5.74) is 1.35. The summed E-state index contributed by atoms with van der Waals surface area (Å²) >= 11 is 1.33. The van der Waals surface area contributed by atoms with E-state index < -0.39 is 0 Å². The average Bonchev–Trinajstić information content (AvgIpc) is 3.32. The molecule has 10 heteroatoms. The van der Waals surface area contributed by atoms with Gasteiger partial charge in [0.05, 0.1) is 33.1 Å². The van der Waals surface area contributed by atoms with Crippen LogP contribution in [0, 0.1) is 0 Å². The number of ether oxygens (including phenoxy) is 3. The maximum Gasteiger partial charge on any atom is 0.243 e. The van der Waals surface area contributed by atoms with E-state index in [1.54, 1.807) is 50.3 Å². The third-order valence-electron chi connectivity index (χ3n) is 4.21. The van der Waals surface area contributed by atoms with Crippen LogP contribution < -0.4 is 9.47 Å². The van der Waals surface area contributed by atoms with Crippen molar-refractivity contribution in [3.63, 3.8) is 0 Å². The molecule has 0 aliphatic carbocycles. The highest BCUT2D eigenvalue weighted by Gasteiger charge is 2.21. The van der Waals surface area contributed by atoms with Crippen LogP contribution in [0.1, 0.15) is 10.4 Å². The van der Waals surface area contributed by atoms with Gasteiger partial charge in [-0.25, -0.2) is 0 Å². The third-order valence-corrected chi connectivity index (χ3v) is 5.18. The van der Waals surface area contributed by atoms with E-state index in [0.717, 1.165) is 5.56 Å². The molecule has 0 atom stereocenters. The molecule has 0 aliphatic rings. The Labute approximate surface area is 173 Å². The number of carbonyl (C=O) groups is 1. The van der Waals surface area contributed by atoms with Gasteiger partial charge in [0.15, 0.2) is 16.8 Å². The number of methoxy groups -OCH3 is 3. The van der Waals surface area contributed by atoms with Gasteiger partial charge in [-0.05, 0) is 24.3 Å². The molecule has 0 aliphatic heterocycles. The minimum Gasteiger partial charge on any atom is -0.497 e. The van der Waals surface area contributed by atoms with Crippen molar-refractivity contribution in [2.45, 2.75) is 11.7 Å². The van der Waals surface area contributed by atoms with Gasteiger partial charge in [0.1, 0.15) is 11.3 Å². The number of rotatable bonds is 10. The second kappa shape index (κ2) is 9.57. The van der Waals surface area contributed by atoms with Crippen LogP contribution in [0.5, 0.6) is 11.6 Å². The van der Waals surface area contributed by atoms with E-state index in [1.807, 2.05) is 17.8 Å². The average molecular weight is 417 g/mol. The molecule has 0 fully saturated rings. The zero-order chi connectivity index (χ0) is 20.8. The lowest BCUT2D eigenvalue weighted by Gasteiger charge is -2.09. The number of thioether (sulfide) groups is 1. The van der Waals surface area contributed by atoms with Gasteiger partial charge in [-0.1, -0.05) is 11.8 Å². The first-order chi connectivity index (χ1) is 14.1. The number of ketones is 1. The lowest BCUT2D eigenvalue weighted by molar-refractivity contribution is 0.102. The minimum absolute atomic E-state index is 0.000507. The zero-order valence-electron chi connectivity index (χ0n) is 16.8. The van der Waals surface area contributed by atoms with E-state index >= 15 is 0 Å². The molecule has 1 aromatic carbocycles. The first-order valence-corrected chi connectivity index (χ1v) is 9.86. The summed E-state index contributed by atoms with van der Waals surface area (Å²) in [5.74, 6) is 2.03. The van der Waals surface area contributed by atoms with Crippen molar-refractivity contribution < 1.29 is 19.0 Å². The fraction of sp³-hybridized carbons (Fsp3) is 0.368. The molecule has 0 saturated carbocycles. The highest BCUT2D eigenvalue weighted by atomic mass is 32.2. The van der Waals surface area contributed by atoms with Crippen molar-refractivity contribution >= 4 is 17.5 Å². The molecular weight excluding hydrogens is 394 g/mol. The Morgan fingerprint density at radius 1 is 1.10 bits per heavy atom. The Kier molecular flexibility index (Phi) is 6.89. The standard InChI is InChI=1S/C19H23N5O4S/c1-23-11-15(18(22-23)28-4)17-20-21-19(24(17)9-10-26-2)29-12-16(25)13-5-7-14(27-3)8-6-13/h5-8,11H,9-10,12H2,1-4H3. The summed E-state index contributed by atoms with van der Waals surface area (Å²) in [6, 6.07) is 7.05. The van der Waals surface area contributed by atoms with Crippen molar-refractivity contribution in [2.24, 2.45) is 7.05 Å². The molecule has 2 aromatic heterocycles. The smallest absolute Gasteiger partial charge is 0.243 e. The van der Waals surface area contributed by atoms with E-state index in [1.165, 1.54) is 11.8 Å². The number of aryl methyl sites for hydroxylation is 1. The lowest BCUT2D eigenvalue weighted by Crippen LogP contribution is -2.09. The summed E-state index contributed by atoms with van der Waals surface area (Å²) in [6.07, 6.45) is 1.82. The predicted molar refractivity (Wildman–Crippen MR) is 109 cm³/mol. The normalized spacial score (nSPS) is 10.9. The number of benzene rings is 1. The Bertz CT molecular complexity index is 968. The molecule has 3 rings (SSSR count). The van der Waals surface area contributed by atoms with Crippen LogP contribution in [0.25, 0.3) is 11.4 Å². The Balaban J connectivity index is 1.81. The van der Waals surface area contributed by atoms with Crippen molar-refractivity contribution in [1.82, 2.24) is 24.5 Å². The quantitative estimate of drug-likeness (QED) is 0.366. The number of nitrogens with zero attached hydrogens (tertiary/aromatic N) is 5. The monoisotopic (exact) mass is 417 g/mol. The van der Waals surface area contributed by atoms with Gasteiger partial charge in [0.25, 0.3) is 0 Å². The van der Waals surface area contributed by atoms with Gasteiger partial charge in [-0.3, -0.25) is 14.0 Å². The molecule has 2 heterocycles. The third kappa shape index (κ3) is 4.77. The highest BCUT2D eigenvalue weighted by molar-refractivity contribution is 7.99. The number of aromatic nitrogens is 5. The molecule has 0 unspecified atom stereocenters. The molecule has 9 nitrogen and oxygen atoms in total. The molecule has 0 bridgehead atoms. The number of Topliss-reactive ketones (excluding diaryl/α,β-unsaturated/α-hetero) is 1. The molecule has 0 amide bonds. The van der Waals surface area contributed by atoms with Crippen LogP contribution in [-0.4, -0.2) is 64.0 Å². The van der Waals surface area contributed by atoms with E-state index in [9.17, 15) is 4.79 Å². The van der Waals surface area contributed by atoms with Gasteiger partial charge in [0.2, 0.25) is 5.88 Å². The van der Waals surface area contributed by atoms with Crippen molar-refractivity contribution in [2.75, 3.05) is 33.7 Å². The molecule has 0 spiro atoms. The number of carbonyl (C=O) groups excluding carboxylic acids is 1. The van der Waals surface area contributed by atoms with Crippen LogP contribution in [0.3, 0.4) is 0 Å². The Hall–Kier alpha value is -2.85. The van der Waals surface area contributed by atoms with Crippen molar-refractivity contribution in [1.29, 1.82) is 0 Å². The summed E-state index contributed by atoms with van der Waals surface area (Å²) in [7, 11) is 6.60. The minimum atomic E-state index is -0.000507.